The quantitative estimate of drug-likeness (QED) is 0.837. The number of halogens is 3. The van der Waals surface area contributed by atoms with E-state index in [-0.39, 0.29) is 12.0 Å². The van der Waals surface area contributed by atoms with Crippen LogP contribution in [0.15, 0.2) is 24.3 Å². The van der Waals surface area contributed by atoms with Gasteiger partial charge >= 0.3 is 12.3 Å². The minimum Gasteiger partial charge on any atom is -0.444 e. The van der Waals surface area contributed by atoms with Crippen LogP contribution in [0.1, 0.15) is 39.2 Å². The Morgan fingerprint density at radius 3 is 2.58 bits per heavy atom. The minimum absolute atomic E-state index is 0.00523. The first-order valence-electron chi connectivity index (χ1n) is 8.95. The molecule has 7 heteroatoms. The maximum absolute atomic E-state index is 12.9. The maximum Gasteiger partial charge on any atom is 0.416 e. The molecule has 4 nitrogen and oxygen atoms in total. The van der Waals surface area contributed by atoms with Crippen LogP contribution >= 0.6 is 0 Å². The number of benzene rings is 1. The predicted molar refractivity (Wildman–Crippen MR) is 93.0 cm³/mol. The van der Waals surface area contributed by atoms with Gasteiger partial charge in [0, 0.05) is 30.7 Å². The largest absolute Gasteiger partial charge is 0.444 e. The van der Waals surface area contributed by atoms with Crippen LogP contribution in [0.25, 0.3) is 0 Å². The highest BCUT2D eigenvalue weighted by Crippen LogP contribution is 2.41. The van der Waals surface area contributed by atoms with E-state index in [1.807, 2.05) is 25.7 Å². The summed E-state index contributed by atoms with van der Waals surface area (Å²) in [5.74, 6) is 0.613. The summed E-state index contributed by atoms with van der Waals surface area (Å²) in [6.07, 6.45) is -2.93. The Hall–Kier alpha value is -1.92. The molecule has 1 saturated carbocycles. The van der Waals surface area contributed by atoms with Crippen molar-refractivity contribution in [3.63, 3.8) is 0 Å². The number of alkyl carbamates (subject to hydrolysis) is 1. The number of rotatable bonds is 2. The third-order valence-electron chi connectivity index (χ3n) is 5.10. The van der Waals surface area contributed by atoms with E-state index in [1.54, 1.807) is 6.07 Å². The monoisotopic (exact) mass is 370 g/mol. The Morgan fingerprint density at radius 2 is 1.92 bits per heavy atom. The molecule has 3 atom stereocenters. The minimum atomic E-state index is -4.34. The van der Waals surface area contributed by atoms with E-state index < -0.39 is 23.4 Å². The third-order valence-corrected chi connectivity index (χ3v) is 5.10. The number of carbonyl (C=O) groups excluding carboxylic acids is 1. The molecular formula is C19H25F3N2O2. The zero-order chi connectivity index (χ0) is 19.1. The molecule has 1 aromatic carbocycles. The summed E-state index contributed by atoms with van der Waals surface area (Å²) in [5.41, 5.74) is -0.595. The van der Waals surface area contributed by atoms with Crippen molar-refractivity contribution in [2.45, 2.75) is 51.4 Å². The molecule has 0 spiro atoms. The van der Waals surface area contributed by atoms with Gasteiger partial charge in [-0.2, -0.15) is 13.2 Å². The Balaban J connectivity index is 1.66. The summed E-state index contributed by atoms with van der Waals surface area (Å²) in [4.78, 5) is 14.0. The molecule has 26 heavy (non-hydrogen) atoms. The molecule has 0 radical (unpaired) electrons. The van der Waals surface area contributed by atoms with E-state index in [9.17, 15) is 18.0 Å². The number of fused-ring (bicyclic) bond motifs is 1. The summed E-state index contributed by atoms with van der Waals surface area (Å²) < 4.78 is 44.2. The molecule has 1 heterocycles. The van der Waals surface area contributed by atoms with E-state index in [2.05, 4.69) is 5.32 Å². The average Bonchev–Trinajstić information content (AvgIpc) is 3.07. The summed E-state index contributed by atoms with van der Waals surface area (Å²) >= 11 is 0. The van der Waals surface area contributed by atoms with E-state index >= 15 is 0 Å². The lowest BCUT2D eigenvalue weighted by molar-refractivity contribution is -0.137. The van der Waals surface area contributed by atoms with Crippen molar-refractivity contribution >= 4 is 11.8 Å². The second-order valence-electron chi connectivity index (χ2n) is 8.21. The van der Waals surface area contributed by atoms with Crippen molar-refractivity contribution in [1.82, 2.24) is 5.32 Å². The first kappa shape index (κ1) is 18.9. The second-order valence-corrected chi connectivity index (χ2v) is 8.21. The van der Waals surface area contributed by atoms with E-state index in [0.717, 1.165) is 25.5 Å². The standard InChI is InChI=1S/C19H25F3N2O2/c1-18(2,3)26-17(25)23-16-8-7-12-10-24(11-15(12)16)14-6-4-5-13(9-14)19(20,21)22/h4-6,9,12,15-16H,7-8,10-11H2,1-3H3,(H,23,25)/t12-,15+,16+/m1/s1. The average molecular weight is 370 g/mol. The second kappa shape index (κ2) is 6.67. The Morgan fingerprint density at radius 1 is 1.19 bits per heavy atom. The molecule has 1 aromatic rings. The van der Waals surface area contributed by atoms with Crippen LogP contribution in [0.4, 0.5) is 23.7 Å². The summed E-state index contributed by atoms with van der Waals surface area (Å²) in [6, 6.07) is 5.46. The van der Waals surface area contributed by atoms with Crippen LogP contribution in [-0.2, 0) is 10.9 Å². The molecule has 1 aliphatic carbocycles. The van der Waals surface area contributed by atoms with E-state index in [0.29, 0.717) is 18.2 Å². The lowest BCUT2D eigenvalue weighted by atomic mass is 9.98. The van der Waals surface area contributed by atoms with Crippen LogP contribution in [0, 0.1) is 11.8 Å². The normalized spacial score (nSPS) is 25.9. The molecule has 1 aliphatic heterocycles. The van der Waals surface area contributed by atoms with Crippen molar-refractivity contribution in [2.75, 3.05) is 18.0 Å². The number of hydrogen-bond acceptors (Lipinski definition) is 3. The first-order chi connectivity index (χ1) is 12.0. The van der Waals surface area contributed by atoms with Gasteiger partial charge in [0.15, 0.2) is 0 Å². The zero-order valence-corrected chi connectivity index (χ0v) is 15.3. The van der Waals surface area contributed by atoms with Gasteiger partial charge in [-0.15, -0.1) is 0 Å². The number of nitrogens with one attached hydrogen (secondary N) is 1. The molecule has 2 fully saturated rings. The topological polar surface area (TPSA) is 41.6 Å². The molecule has 1 amide bonds. The lowest BCUT2D eigenvalue weighted by Crippen LogP contribution is -2.42. The molecule has 0 aromatic heterocycles. The zero-order valence-electron chi connectivity index (χ0n) is 15.3. The fraction of sp³-hybridized carbons (Fsp3) is 0.632. The Kier molecular flexibility index (Phi) is 4.84. The summed E-state index contributed by atoms with van der Waals surface area (Å²) in [7, 11) is 0. The number of alkyl halides is 3. The van der Waals surface area contributed by atoms with Crippen molar-refractivity contribution in [3.8, 4) is 0 Å². The van der Waals surface area contributed by atoms with Gasteiger partial charge in [0.25, 0.3) is 0 Å². The van der Waals surface area contributed by atoms with Crippen molar-refractivity contribution < 1.29 is 22.7 Å². The smallest absolute Gasteiger partial charge is 0.416 e. The number of hydrogen-bond donors (Lipinski definition) is 1. The van der Waals surface area contributed by atoms with Crippen LogP contribution in [-0.4, -0.2) is 30.8 Å². The van der Waals surface area contributed by atoms with Gasteiger partial charge in [0.2, 0.25) is 0 Å². The molecular weight excluding hydrogens is 345 g/mol. The summed E-state index contributed by atoms with van der Waals surface area (Å²) in [6.45, 7) is 6.81. The van der Waals surface area contributed by atoms with Gasteiger partial charge in [-0.3, -0.25) is 0 Å². The van der Waals surface area contributed by atoms with Crippen LogP contribution < -0.4 is 10.2 Å². The van der Waals surface area contributed by atoms with Gasteiger partial charge in [-0.1, -0.05) is 6.07 Å². The van der Waals surface area contributed by atoms with Gasteiger partial charge < -0.3 is 15.0 Å². The van der Waals surface area contributed by atoms with Gasteiger partial charge in [0.05, 0.1) is 5.56 Å². The number of nitrogens with zero attached hydrogens (tertiary/aromatic N) is 1. The molecule has 144 valence electrons. The van der Waals surface area contributed by atoms with Gasteiger partial charge in [-0.25, -0.2) is 4.79 Å². The molecule has 1 saturated heterocycles. The molecule has 0 bridgehead atoms. The fourth-order valence-electron chi connectivity index (χ4n) is 3.99. The highest BCUT2D eigenvalue weighted by atomic mass is 19.4. The van der Waals surface area contributed by atoms with E-state index in [1.165, 1.54) is 12.1 Å². The van der Waals surface area contributed by atoms with Crippen LogP contribution in [0.5, 0.6) is 0 Å². The number of anilines is 1. The lowest BCUT2D eigenvalue weighted by Gasteiger charge is -2.25. The fourth-order valence-corrected chi connectivity index (χ4v) is 3.99. The highest BCUT2D eigenvalue weighted by Gasteiger charge is 2.44. The van der Waals surface area contributed by atoms with Crippen molar-refractivity contribution in [2.24, 2.45) is 11.8 Å². The first-order valence-corrected chi connectivity index (χ1v) is 8.95. The van der Waals surface area contributed by atoms with E-state index in [4.69, 9.17) is 4.74 Å². The molecule has 3 rings (SSSR count). The van der Waals surface area contributed by atoms with Gasteiger partial charge in [-0.05, 0) is 57.7 Å². The predicted octanol–water partition coefficient (Wildman–Crippen LogP) is 4.44. The van der Waals surface area contributed by atoms with Gasteiger partial charge in [0.1, 0.15) is 5.60 Å². The molecule has 2 aliphatic rings. The number of ether oxygens (including phenoxy) is 1. The molecule has 0 unspecified atom stereocenters. The number of carbonyl (C=O) groups is 1. The third kappa shape index (κ3) is 4.24. The van der Waals surface area contributed by atoms with Crippen molar-refractivity contribution in [1.29, 1.82) is 0 Å². The number of amides is 1. The maximum atomic E-state index is 12.9. The highest BCUT2D eigenvalue weighted by molar-refractivity contribution is 5.68. The SMILES string of the molecule is CC(C)(C)OC(=O)N[C@H]1CC[C@@H]2CN(c3cccc(C(F)(F)F)c3)C[C@@H]21. The van der Waals surface area contributed by atoms with Crippen LogP contribution in [0.3, 0.4) is 0 Å². The van der Waals surface area contributed by atoms with Crippen LogP contribution in [0.2, 0.25) is 0 Å². The van der Waals surface area contributed by atoms with Crippen molar-refractivity contribution in [3.05, 3.63) is 29.8 Å². The molecule has 1 N–H and O–H groups in total. The Labute approximate surface area is 151 Å². The Bertz CT molecular complexity index is 669. The summed E-state index contributed by atoms with van der Waals surface area (Å²) in [5, 5.41) is 2.95.